The number of carboxylic acids is 1. The van der Waals surface area contributed by atoms with Gasteiger partial charge in [0.05, 0.1) is 5.41 Å². The zero-order valence-electron chi connectivity index (χ0n) is 7.98. The predicted octanol–water partition coefficient (Wildman–Crippen LogP) is 1.78. The second kappa shape index (κ2) is 3.61. The summed E-state index contributed by atoms with van der Waals surface area (Å²) in [6, 6.07) is 7.29. The van der Waals surface area contributed by atoms with Gasteiger partial charge in [-0.2, -0.15) is 0 Å². The van der Waals surface area contributed by atoms with Crippen molar-refractivity contribution >= 4 is 21.9 Å². The van der Waals surface area contributed by atoms with Crippen molar-refractivity contribution in [3.63, 3.8) is 0 Å². The Morgan fingerprint density at radius 1 is 1.53 bits per heavy atom. The Bertz CT molecular complexity index is 405. The van der Waals surface area contributed by atoms with E-state index in [1.807, 2.05) is 18.2 Å². The molecule has 1 saturated carbocycles. The van der Waals surface area contributed by atoms with Gasteiger partial charge in [-0.1, -0.05) is 34.1 Å². The highest BCUT2D eigenvalue weighted by molar-refractivity contribution is 9.10. The third-order valence-corrected chi connectivity index (χ3v) is 3.75. The molecule has 0 aliphatic heterocycles. The molecule has 0 heterocycles. The number of carbonyl (C=O) groups is 1. The summed E-state index contributed by atoms with van der Waals surface area (Å²) in [5.74, 6) is -1.01. The van der Waals surface area contributed by atoms with E-state index in [0.717, 1.165) is 10.0 Å². The molecule has 15 heavy (non-hydrogen) atoms. The van der Waals surface area contributed by atoms with Crippen molar-refractivity contribution in [3.05, 3.63) is 34.3 Å². The standard InChI is InChI=1S/C11H11BrO3/c12-9-4-2-1-3-8(9)11(10(14)15)5-7(11)6-13/h1-4,7,13H,5-6H2,(H,14,15)/t7-,11-/m0/s1. The van der Waals surface area contributed by atoms with E-state index in [1.165, 1.54) is 0 Å². The van der Waals surface area contributed by atoms with E-state index < -0.39 is 11.4 Å². The second-order valence-corrected chi connectivity index (χ2v) is 4.69. The lowest BCUT2D eigenvalue weighted by atomic mass is 9.93. The number of benzene rings is 1. The fraction of sp³-hybridized carbons (Fsp3) is 0.364. The van der Waals surface area contributed by atoms with Crippen molar-refractivity contribution in [3.8, 4) is 0 Å². The van der Waals surface area contributed by atoms with Crippen LogP contribution in [0.1, 0.15) is 12.0 Å². The fourth-order valence-electron chi connectivity index (χ4n) is 2.08. The molecule has 2 atom stereocenters. The first-order chi connectivity index (χ1) is 7.13. The van der Waals surface area contributed by atoms with E-state index in [4.69, 9.17) is 5.11 Å². The lowest BCUT2D eigenvalue weighted by Crippen LogP contribution is -2.24. The van der Waals surface area contributed by atoms with Crippen molar-refractivity contribution in [2.24, 2.45) is 5.92 Å². The van der Waals surface area contributed by atoms with Crippen molar-refractivity contribution in [1.29, 1.82) is 0 Å². The van der Waals surface area contributed by atoms with E-state index in [-0.39, 0.29) is 12.5 Å². The highest BCUT2D eigenvalue weighted by Crippen LogP contribution is 2.55. The molecule has 0 saturated heterocycles. The lowest BCUT2D eigenvalue weighted by molar-refractivity contribution is -0.140. The quantitative estimate of drug-likeness (QED) is 0.881. The first-order valence-corrected chi connectivity index (χ1v) is 5.51. The molecule has 2 N–H and O–H groups in total. The molecule has 1 aromatic rings. The highest BCUT2D eigenvalue weighted by Gasteiger charge is 2.61. The summed E-state index contributed by atoms with van der Waals surface area (Å²) in [6.07, 6.45) is 0.515. The number of aliphatic carboxylic acids is 1. The first kappa shape index (κ1) is 10.6. The Morgan fingerprint density at radius 2 is 2.20 bits per heavy atom. The van der Waals surface area contributed by atoms with Gasteiger partial charge in [-0.05, 0) is 18.1 Å². The third kappa shape index (κ3) is 1.48. The highest BCUT2D eigenvalue weighted by atomic mass is 79.9. The molecular formula is C11H11BrO3. The van der Waals surface area contributed by atoms with Gasteiger partial charge < -0.3 is 10.2 Å². The summed E-state index contributed by atoms with van der Waals surface area (Å²) in [4.78, 5) is 11.3. The summed E-state index contributed by atoms with van der Waals surface area (Å²) < 4.78 is 0.795. The zero-order chi connectivity index (χ0) is 11.1. The van der Waals surface area contributed by atoms with Crippen LogP contribution in [0.4, 0.5) is 0 Å². The summed E-state index contributed by atoms with van der Waals surface area (Å²) >= 11 is 3.35. The molecule has 80 valence electrons. The summed E-state index contributed by atoms with van der Waals surface area (Å²) in [5.41, 5.74) is -0.119. The molecule has 0 radical (unpaired) electrons. The second-order valence-electron chi connectivity index (χ2n) is 3.84. The molecular weight excluding hydrogens is 260 g/mol. The SMILES string of the molecule is O=C(O)[C@@]1(c2ccccc2Br)C[C@H]1CO. The molecule has 1 fully saturated rings. The molecule has 0 bridgehead atoms. The summed E-state index contributed by atoms with van der Waals surface area (Å²) in [5, 5.41) is 18.3. The molecule has 2 rings (SSSR count). The molecule has 1 aliphatic carbocycles. The maximum atomic E-state index is 11.3. The molecule has 1 aliphatic rings. The maximum Gasteiger partial charge on any atom is 0.314 e. The van der Waals surface area contributed by atoms with Gasteiger partial charge in [0.25, 0.3) is 0 Å². The largest absolute Gasteiger partial charge is 0.481 e. The zero-order valence-corrected chi connectivity index (χ0v) is 9.57. The number of aliphatic hydroxyl groups excluding tert-OH is 1. The third-order valence-electron chi connectivity index (χ3n) is 3.06. The Hall–Kier alpha value is -0.870. The lowest BCUT2D eigenvalue weighted by Gasteiger charge is -2.13. The van der Waals surface area contributed by atoms with Gasteiger partial charge in [-0.25, -0.2) is 0 Å². The maximum absolute atomic E-state index is 11.3. The monoisotopic (exact) mass is 270 g/mol. The van der Waals surface area contributed by atoms with Crippen LogP contribution in [0.5, 0.6) is 0 Å². The minimum absolute atomic E-state index is 0.0758. The molecule has 0 unspecified atom stereocenters. The van der Waals surface area contributed by atoms with Crippen molar-refractivity contribution in [1.82, 2.24) is 0 Å². The molecule has 0 amide bonds. The smallest absolute Gasteiger partial charge is 0.314 e. The van der Waals surface area contributed by atoms with Crippen molar-refractivity contribution < 1.29 is 15.0 Å². The van der Waals surface area contributed by atoms with Crippen LogP contribution in [0.25, 0.3) is 0 Å². The molecule has 1 aromatic carbocycles. The van der Waals surface area contributed by atoms with Crippen LogP contribution < -0.4 is 0 Å². The van der Waals surface area contributed by atoms with Gasteiger partial charge >= 0.3 is 5.97 Å². The average Bonchev–Trinajstić information content (AvgIpc) is 2.94. The molecule has 0 aromatic heterocycles. The van der Waals surface area contributed by atoms with Gasteiger partial charge in [0, 0.05) is 17.0 Å². The topological polar surface area (TPSA) is 57.5 Å². The van der Waals surface area contributed by atoms with Crippen LogP contribution in [0.2, 0.25) is 0 Å². The first-order valence-electron chi connectivity index (χ1n) is 4.72. The Labute approximate surface area is 95.9 Å². The van der Waals surface area contributed by atoms with Crippen LogP contribution in [0, 0.1) is 5.92 Å². The van der Waals surface area contributed by atoms with Crippen LogP contribution in [-0.4, -0.2) is 22.8 Å². The molecule has 3 nitrogen and oxygen atoms in total. The van der Waals surface area contributed by atoms with E-state index in [9.17, 15) is 9.90 Å². The molecule has 0 spiro atoms. The number of aliphatic hydroxyl groups is 1. The number of rotatable bonds is 3. The van der Waals surface area contributed by atoms with E-state index >= 15 is 0 Å². The Morgan fingerprint density at radius 3 is 2.67 bits per heavy atom. The summed E-state index contributed by atoms with van der Waals surface area (Å²) in [6.45, 7) is -0.0758. The van der Waals surface area contributed by atoms with Gasteiger partial charge in [-0.3, -0.25) is 4.79 Å². The van der Waals surface area contributed by atoms with Crippen LogP contribution in [0.15, 0.2) is 28.7 Å². The summed E-state index contributed by atoms with van der Waals surface area (Å²) in [7, 11) is 0. The fourth-order valence-corrected chi connectivity index (χ4v) is 2.72. The van der Waals surface area contributed by atoms with Gasteiger partial charge in [0.15, 0.2) is 0 Å². The van der Waals surface area contributed by atoms with Crippen molar-refractivity contribution in [2.45, 2.75) is 11.8 Å². The van der Waals surface area contributed by atoms with E-state index in [2.05, 4.69) is 15.9 Å². The van der Waals surface area contributed by atoms with Crippen LogP contribution in [0.3, 0.4) is 0 Å². The Balaban J connectivity index is 2.45. The predicted molar refractivity (Wildman–Crippen MR) is 58.6 cm³/mol. The van der Waals surface area contributed by atoms with E-state index in [1.54, 1.807) is 6.07 Å². The minimum Gasteiger partial charge on any atom is -0.481 e. The van der Waals surface area contributed by atoms with Gasteiger partial charge in [0.2, 0.25) is 0 Å². The Kier molecular flexibility index (Phi) is 2.56. The van der Waals surface area contributed by atoms with Crippen LogP contribution in [-0.2, 0) is 10.2 Å². The number of hydrogen-bond acceptors (Lipinski definition) is 2. The van der Waals surface area contributed by atoms with E-state index in [0.29, 0.717) is 6.42 Å². The van der Waals surface area contributed by atoms with Gasteiger partial charge in [0.1, 0.15) is 0 Å². The number of carboxylic acid groups (broad SMARTS) is 1. The van der Waals surface area contributed by atoms with Gasteiger partial charge in [-0.15, -0.1) is 0 Å². The molecule has 4 heteroatoms. The van der Waals surface area contributed by atoms with Crippen LogP contribution >= 0.6 is 15.9 Å². The normalized spacial score (nSPS) is 28.8. The minimum atomic E-state index is -0.880. The number of hydrogen-bond donors (Lipinski definition) is 2. The van der Waals surface area contributed by atoms with Crippen molar-refractivity contribution in [2.75, 3.05) is 6.61 Å². The average molecular weight is 271 g/mol. The number of halogens is 1.